The maximum Gasteiger partial charge on any atom is 0.425 e. The summed E-state index contributed by atoms with van der Waals surface area (Å²) in [5.74, 6) is -0.386. The Kier molecular flexibility index (Phi) is 3.38. The second-order valence-electron chi connectivity index (χ2n) is 2.65. The Morgan fingerprint density at radius 2 is 2.20 bits per heavy atom. The molecule has 0 saturated carbocycles. The van der Waals surface area contributed by atoms with E-state index in [0.29, 0.717) is 0 Å². The second-order valence-corrected chi connectivity index (χ2v) is 3.45. The maximum atomic E-state index is 12.1. The van der Waals surface area contributed by atoms with Crippen LogP contribution in [0.2, 0.25) is 0 Å². The topological polar surface area (TPSA) is 55.0 Å². The molecular weight excluding hydrogens is 281 g/mol. The summed E-state index contributed by atoms with van der Waals surface area (Å²) in [5.41, 5.74) is -0.602. The molecule has 1 heterocycles. The van der Waals surface area contributed by atoms with E-state index in [1.54, 1.807) is 0 Å². The molecule has 0 amide bonds. The van der Waals surface area contributed by atoms with E-state index >= 15 is 0 Å². The summed E-state index contributed by atoms with van der Waals surface area (Å²) in [7, 11) is 0. The molecule has 84 valence electrons. The zero-order valence-electron chi connectivity index (χ0n) is 7.43. The van der Waals surface area contributed by atoms with Crippen LogP contribution in [-0.4, -0.2) is 22.2 Å². The number of rotatable bonds is 2. The van der Waals surface area contributed by atoms with Crippen molar-refractivity contribution in [2.24, 2.45) is 0 Å². The van der Waals surface area contributed by atoms with Crippen LogP contribution in [0.3, 0.4) is 0 Å². The number of hydrogen-bond donors (Lipinski definition) is 1. The molecule has 1 aromatic rings. The van der Waals surface area contributed by atoms with E-state index in [0.717, 1.165) is 13.3 Å². The molecule has 0 aliphatic heterocycles. The number of hydrogen-bond acceptors (Lipinski definition) is 3. The number of aromatic amines is 1. The zero-order valence-corrected chi connectivity index (χ0v) is 9.02. The minimum absolute atomic E-state index is 0.166. The van der Waals surface area contributed by atoms with Crippen molar-refractivity contribution in [1.82, 2.24) is 9.97 Å². The highest BCUT2D eigenvalue weighted by atomic mass is 79.9. The van der Waals surface area contributed by atoms with Crippen molar-refractivity contribution in [3.05, 3.63) is 21.2 Å². The number of H-pyrrole nitrogens is 1. The highest BCUT2D eigenvalue weighted by Gasteiger charge is 2.38. The normalized spacial score (nSPS) is 13.7. The Hall–Kier alpha value is -1.05. The fourth-order valence-corrected chi connectivity index (χ4v) is 0.993. The first-order chi connectivity index (χ1) is 6.82. The molecule has 0 aliphatic rings. The van der Waals surface area contributed by atoms with Crippen LogP contribution in [0.1, 0.15) is 6.92 Å². The van der Waals surface area contributed by atoms with Gasteiger partial charge in [-0.3, -0.25) is 4.79 Å². The molecule has 0 fully saturated rings. The first kappa shape index (κ1) is 12.0. The quantitative estimate of drug-likeness (QED) is 0.903. The van der Waals surface area contributed by atoms with Crippen LogP contribution in [0.4, 0.5) is 13.2 Å². The molecule has 1 rings (SSSR count). The molecule has 1 atom stereocenters. The molecule has 8 heteroatoms. The molecule has 0 aliphatic carbocycles. The van der Waals surface area contributed by atoms with E-state index in [2.05, 4.69) is 30.6 Å². The smallest absolute Gasteiger partial charge is 0.425 e. The summed E-state index contributed by atoms with van der Waals surface area (Å²) in [4.78, 5) is 16.6. The molecular formula is C7H6BrF3N2O2. The van der Waals surface area contributed by atoms with Gasteiger partial charge in [0.15, 0.2) is 6.10 Å². The van der Waals surface area contributed by atoms with Gasteiger partial charge < -0.3 is 9.72 Å². The van der Waals surface area contributed by atoms with Crippen LogP contribution in [-0.2, 0) is 0 Å². The third-order valence-electron chi connectivity index (χ3n) is 1.51. The molecule has 15 heavy (non-hydrogen) atoms. The van der Waals surface area contributed by atoms with Gasteiger partial charge in [-0.2, -0.15) is 13.2 Å². The van der Waals surface area contributed by atoms with Crippen molar-refractivity contribution in [2.75, 3.05) is 0 Å². The fraction of sp³-hybridized carbons (Fsp3) is 0.429. The van der Waals surface area contributed by atoms with Crippen LogP contribution in [0.5, 0.6) is 5.88 Å². The Bertz CT molecular complexity index is 404. The highest BCUT2D eigenvalue weighted by Crippen LogP contribution is 2.26. The summed E-state index contributed by atoms with van der Waals surface area (Å²) < 4.78 is 40.7. The van der Waals surface area contributed by atoms with E-state index < -0.39 is 17.8 Å². The third kappa shape index (κ3) is 2.95. The van der Waals surface area contributed by atoms with Gasteiger partial charge in [-0.15, -0.1) is 0 Å². The van der Waals surface area contributed by atoms with Gasteiger partial charge in [-0.25, -0.2) is 4.98 Å². The summed E-state index contributed by atoms with van der Waals surface area (Å²) in [6, 6.07) is 0. The lowest BCUT2D eigenvalue weighted by molar-refractivity contribution is -0.190. The van der Waals surface area contributed by atoms with E-state index in [-0.39, 0.29) is 10.4 Å². The van der Waals surface area contributed by atoms with Crippen LogP contribution >= 0.6 is 15.9 Å². The molecule has 0 bridgehead atoms. The van der Waals surface area contributed by atoms with Gasteiger partial charge in [-0.1, -0.05) is 0 Å². The van der Waals surface area contributed by atoms with Gasteiger partial charge in [0.2, 0.25) is 5.88 Å². The number of nitrogens with zero attached hydrogens (tertiary/aromatic N) is 1. The Labute approximate surface area is 90.6 Å². The van der Waals surface area contributed by atoms with Crippen molar-refractivity contribution >= 4 is 15.9 Å². The fourth-order valence-electron chi connectivity index (χ4n) is 0.683. The predicted octanol–water partition coefficient (Wildman–Crippen LogP) is 1.86. The van der Waals surface area contributed by atoms with Crippen molar-refractivity contribution in [3.63, 3.8) is 0 Å². The van der Waals surface area contributed by atoms with Gasteiger partial charge in [0.05, 0.1) is 6.33 Å². The molecule has 1 unspecified atom stereocenters. The van der Waals surface area contributed by atoms with Crippen molar-refractivity contribution in [2.45, 2.75) is 19.2 Å². The van der Waals surface area contributed by atoms with Crippen LogP contribution in [0.25, 0.3) is 0 Å². The van der Waals surface area contributed by atoms with Crippen LogP contribution < -0.4 is 10.3 Å². The number of ether oxygens (including phenoxy) is 1. The van der Waals surface area contributed by atoms with Gasteiger partial charge >= 0.3 is 6.18 Å². The average molecular weight is 287 g/mol. The SMILES string of the molecule is CC(Oc1nc[nH]c(=O)c1Br)C(F)(F)F. The number of aromatic nitrogens is 2. The number of alkyl halides is 3. The predicted molar refractivity (Wildman–Crippen MR) is 48.7 cm³/mol. The minimum Gasteiger partial charge on any atom is -0.464 e. The van der Waals surface area contributed by atoms with Gasteiger partial charge in [0, 0.05) is 0 Å². The first-order valence-electron chi connectivity index (χ1n) is 3.79. The zero-order chi connectivity index (χ0) is 11.6. The molecule has 4 nitrogen and oxygen atoms in total. The summed E-state index contributed by atoms with van der Waals surface area (Å²) in [5, 5.41) is 0. The lowest BCUT2D eigenvalue weighted by Crippen LogP contribution is -2.32. The molecule has 1 N–H and O–H groups in total. The lowest BCUT2D eigenvalue weighted by atomic mass is 10.4. The molecule has 0 saturated heterocycles. The van der Waals surface area contributed by atoms with E-state index in [1.807, 2.05) is 0 Å². The minimum atomic E-state index is -4.50. The molecule has 0 aromatic carbocycles. The van der Waals surface area contributed by atoms with Gasteiger partial charge in [-0.05, 0) is 22.9 Å². The van der Waals surface area contributed by atoms with Crippen molar-refractivity contribution < 1.29 is 17.9 Å². The summed E-state index contributed by atoms with van der Waals surface area (Å²) in [6.45, 7) is 0.829. The van der Waals surface area contributed by atoms with E-state index in [4.69, 9.17) is 0 Å². The lowest BCUT2D eigenvalue weighted by Gasteiger charge is -2.16. The van der Waals surface area contributed by atoms with E-state index in [9.17, 15) is 18.0 Å². The van der Waals surface area contributed by atoms with Gasteiger partial charge in [0.25, 0.3) is 5.56 Å². The second kappa shape index (κ2) is 4.21. The third-order valence-corrected chi connectivity index (χ3v) is 2.21. The Morgan fingerprint density at radius 3 is 2.73 bits per heavy atom. The Morgan fingerprint density at radius 1 is 1.60 bits per heavy atom. The van der Waals surface area contributed by atoms with E-state index in [1.165, 1.54) is 0 Å². The van der Waals surface area contributed by atoms with Crippen LogP contribution in [0, 0.1) is 0 Å². The molecule has 1 aromatic heterocycles. The molecule has 0 spiro atoms. The molecule has 0 radical (unpaired) electrons. The highest BCUT2D eigenvalue weighted by molar-refractivity contribution is 9.10. The monoisotopic (exact) mass is 286 g/mol. The summed E-state index contributed by atoms with van der Waals surface area (Å²) in [6.07, 6.45) is -5.56. The standard InChI is InChI=1S/C7H6BrF3N2O2/c1-3(7(9,10)11)15-6-4(8)5(14)12-2-13-6/h2-3H,1H3,(H,12,13,14). The Balaban J connectivity index is 2.91. The van der Waals surface area contributed by atoms with Gasteiger partial charge in [0.1, 0.15) is 4.47 Å². The van der Waals surface area contributed by atoms with Crippen molar-refractivity contribution in [3.8, 4) is 5.88 Å². The summed E-state index contributed by atoms with van der Waals surface area (Å²) >= 11 is 2.78. The van der Waals surface area contributed by atoms with Crippen LogP contribution in [0.15, 0.2) is 15.6 Å². The first-order valence-corrected chi connectivity index (χ1v) is 4.58. The maximum absolute atomic E-state index is 12.1. The average Bonchev–Trinajstić information content (AvgIpc) is 2.11. The van der Waals surface area contributed by atoms with Crippen molar-refractivity contribution in [1.29, 1.82) is 0 Å². The largest absolute Gasteiger partial charge is 0.464 e. The number of nitrogens with one attached hydrogen (secondary N) is 1. The number of halogens is 4.